The minimum atomic E-state index is -1.38. The Bertz CT molecular complexity index is 737. The van der Waals surface area contributed by atoms with E-state index in [9.17, 15) is 14.7 Å². The van der Waals surface area contributed by atoms with Crippen LogP contribution in [0.15, 0.2) is 12.1 Å². The van der Waals surface area contributed by atoms with E-state index in [1.807, 2.05) is 0 Å². The van der Waals surface area contributed by atoms with E-state index in [0.717, 1.165) is 11.3 Å². The molecule has 116 valence electrons. The zero-order valence-corrected chi connectivity index (χ0v) is 14.1. The fraction of sp³-hybridized carbons (Fsp3) is 0.154. The number of carbonyl (C=O) groups is 2. The second-order valence-corrected chi connectivity index (χ2v) is 6.38. The minimum Gasteiger partial charge on any atom is -0.544 e. The van der Waals surface area contributed by atoms with Gasteiger partial charge in [0.25, 0.3) is 0 Å². The van der Waals surface area contributed by atoms with Crippen LogP contribution < -0.4 is 9.84 Å². The number of Topliss-reactive ketones (excluding diaryl/α,β-unsaturated/α-hetero) is 1. The van der Waals surface area contributed by atoms with Gasteiger partial charge in [0.15, 0.2) is 17.4 Å². The quantitative estimate of drug-likeness (QED) is 0.746. The van der Waals surface area contributed by atoms with E-state index >= 15 is 0 Å². The number of carboxylic acid groups (broad SMARTS) is 1. The van der Waals surface area contributed by atoms with E-state index in [0.29, 0.717) is 5.02 Å². The first kappa shape index (κ1) is 17.0. The van der Waals surface area contributed by atoms with Gasteiger partial charge in [-0.1, -0.05) is 34.8 Å². The predicted molar refractivity (Wildman–Crippen MR) is 82.5 cm³/mol. The van der Waals surface area contributed by atoms with Crippen LogP contribution in [0.4, 0.5) is 0 Å². The molecule has 0 aliphatic heterocycles. The number of hydrogen-bond acceptors (Lipinski definition) is 6. The minimum absolute atomic E-state index is 0.0120. The topological polar surface area (TPSA) is 79.3 Å². The van der Waals surface area contributed by atoms with E-state index in [1.54, 1.807) is 0 Å². The molecule has 0 saturated heterocycles. The Balaban J connectivity index is 2.14. The van der Waals surface area contributed by atoms with Crippen molar-refractivity contribution in [1.82, 2.24) is 4.98 Å². The first-order valence-corrected chi connectivity index (χ1v) is 7.74. The van der Waals surface area contributed by atoms with Crippen molar-refractivity contribution in [3.63, 3.8) is 0 Å². The Labute approximate surface area is 144 Å². The van der Waals surface area contributed by atoms with Crippen LogP contribution in [0, 0.1) is 6.92 Å². The van der Waals surface area contributed by atoms with Crippen molar-refractivity contribution in [3.05, 3.63) is 42.8 Å². The summed E-state index contributed by atoms with van der Waals surface area (Å²) in [6.45, 7) is 1.09. The Morgan fingerprint density at radius 1 is 1.27 bits per heavy atom. The SMILES string of the molecule is Cc1nc(C(=O)COc2c(Cl)cc(Cl)cc2Cl)sc1C(=O)[O-]. The second-order valence-electron chi connectivity index (χ2n) is 4.13. The lowest BCUT2D eigenvalue weighted by molar-refractivity contribution is -0.254. The lowest BCUT2D eigenvalue weighted by Gasteiger charge is -2.08. The highest BCUT2D eigenvalue weighted by molar-refractivity contribution is 7.15. The number of aromatic nitrogens is 1. The van der Waals surface area contributed by atoms with E-state index < -0.39 is 11.8 Å². The average Bonchev–Trinajstić information content (AvgIpc) is 2.79. The van der Waals surface area contributed by atoms with E-state index in [-0.39, 0.29) is 38.0 Å². The molecule has 0 radical (unpaired) electrons. The van der Waals surface area contributed by atoms with Gasteiger partial charge < -0.3 is 14.6 Å². The first-order chi connectivity index (χ1) is 10.3. The molecule has 0 atom stereocenters. The molecule has 0 saturated carbocycles. The monoisotopic (exact) mass is 378 g/mol. The lowest BCUT2D eigenvalue weighted by Crippen LogP contribution is -2.21. The van der Waals surface area contributed by atoms with Crippen molar-refractivity contribution in [2.45, 2.75) is 6.92 Å². The molecule has 1 aromatic heterocycles. The van der Waals surface area contributed by atoms with Gasteiger partial charge in [0.05, 0.1) is 26.6 Å². The molecule has 0 fully saturated rings. The number of thiazole rings is 1. The molecular weight excluding hydrogens is 373 g/mol. The van der Waals surface area contributed by atoms with Gasteiger partial charge in [-0.3, -0.25) is 4.79 Å². The standard InChI is InChI=1S/C13H8Cl3NO4S/c1-5-11(13(19)20)22-12(17-5)9(18)4-21-10-7(15)2-6(14)3-8(10)16/h2-3H,4H2,1H3,(H,19,20)/p-1. The third-order valence-electron chi connectivity index (χ3n) is 2.53. The average molecular weight is 380 g/mol. The Kier molecular flexibility index (Phi) is 5.28. The Morgan fingerprint density at radius 3 is 2.36 bits per heavy atom. The number of aromatic carboxylic acids is 1. The molecule has 2 aromatic rings. The van der Waals surface area contributed by atoms with Crippen LogP contribution in [0.3, 0.4) is 0 Å². The smallest absolute Gasteiger partial charge is 0.228 e. The molecule has 0 bridgehead atoms. The van der Waals surface area contributed by atoms with Crippen molar-refractivity contribution in [2.24, 2.45) is 0 Å². The van der Waals surface area contributed by atoms with Crippen molar-refractivity contribution in [1.29, 1.82) is 0 Å². The molecule has 1 heterocycles. The van der Waals surface area contributed by atoms with Gasteiger partial charge in [-0.25, -0.2) is 4.98 Å². The van der Waals surface area contributed by atoms with Crippen molar-refractivity contribution in [3.8, 4) is 5.75 Å². The number of nitrogens with zero attached hydrogens (tertiary/aromatic N) is 1. The van der Waals surface area contributed by atoms with Gasteiger partial charge in [-0.15, -0.1) is 11.3 Å². The summed E-state index contributed by atoms with van der Waals surface area (Å²) >= 11 is 18.4. The van der Waals surface area contributed by atoms with Crippen molar-refractivity contribution < 1.29 is 19.4 Å². The number of carbonyl (C=O) groups excluding carboxylic acids is 2. The summed E-state index contributed by atoms with van der Waals surface area (Å²) in [5.41, 5.74) is 0.218. The van der Waals surface area contributed by atoms with Crippen LogP contribution in [-0.4, -0.2) is 23.3 Å². The van der Waals surface area contributed by atoms with Gasteiger partial charge in [0.2, 0.25) is 5.78 Å². The van der Waals surface area contributed by atoms with Gasteiger partial charge in [0.1, 0.15) is 0 Å². The van der Waals surface area contributed by atoms with Gasteiger partial charge >= 0.3 is 0 Å². The number of benzene rings is 1. The zero-order chi connectivity index (χ0) is 16.4. The third kappa shape index (κ3) is 3.70. The van der Waals surface area contributed by atoms with Crippen molar-refractivity contribution >= 4 is 57.9 Å². The predicted octanol–water partition coefficient (Wildman–Crippen LogP) is 3.04. The number of aryl methyl sites for hydroxylation is 1. The third-order valence-corrected chi connectivity index (χ3v) is 4.49. The summed E-state index contributed by atoms with van der Waals surface area (Å²) < 4.78 is 5.28. The highest BCUT2D eigenvalue weighted by Gasteiger charge is 2.17. The Hall–Kier alpha value is -1.34. The summed E-state index contributed by atoms with van der Waals surface area (Å²) in [4.78, 5) is 26.6. The van der Waals surface area contributed by atoms with Crippen LogP contribution >= 0.6 is 46.1 Å². The Morgan fingerprint density at radius 2 is 1.86 bits per heavy atom. The molecule has 0 aliphatic rings. The summed E-state index contributed by atoms with van der Waals surface area (Å²) in [6.07, 6.45) is 0. The van der Waals surface area contributed by atoms with Crippen LogP contribution in [0.25, 0.3) is 0 Å². The van der Waals surface area contributed by atoms with Gasteiger partial charge in [-0.2, -0.15) is 0 Å². The fourth-order valence-electron chi connectivity index (χ4n) is 1.57. The molecule has 0 spiro atoms. The molecule has 0 unspecified atom stereocenters. The number of rotatable bonds is 5. The number of halogens is 3. The van der Waals surface area contributed by atoms with Crippen LogP contribution in [0.5, 0.6) is 5.75 Å². The van der Waals surface area contributed by atoms with E-state index in [1.165, 1.54) is 19.1 Å². The van der Waals surface area contributed by atoms with Crippen molar-refractivity contribution in [2.75, 3.05) is 6.61 Å². The van der Waals surface area contributed by atoms with Crippen LogP contribution in [0.1, 0.15) is 25.2 Å². The van der Waals surface area contributed by atoms with Crippen LogP contribution in [-0.2, 0) is 0 Å². The first-order valence-electron chi connectivity index (χ1n) is 5.79. The van der Waals surface area contributed by atoms with Gasteiger partial charge in [0, 0.05) is 5.02 Å². The summed E-state index contributed by atoms with van der Waals surface area (Å²) in [5.74, 6) is -1.75. The largest absolute Gasteiger partial charge is 0.544 e. The highest BCUT2D eigenvalue weighted by atomic mass is 35.5. The molecular formula is C13H7Cl3NO4S-. The molecule has 0 aliphatic carbocycles. The molecule has 0 amide bonds. The molecule has 9 heteroatoms. The maximum Gasteiger partial charge on any atom is 0.228 e. The number of ether oxygens (including phenoxy) is 1. The van der Waals surface area contributed by atoms with Crippen LogP contribution in [0.2, 0.25) is 15.1 Å². The number of carboxylic acids is 1. The molecule has 2 rings (SSSR count). The highest BCUT2D eigenvalue weighted by Crippen LogP contribution is 2.35. The molecule has 5 nitrogen and oxygen atoms in total. The molecule has 22 heavy (non-hydrogen) atoms. The zero-order valence-electron chi connectivity index (χ0n) is 11.0. The van der Waals surface area contributed by atoms with E-state index in [4.69, 9.17) is 39.5 Å². The molecule has 0 N–H and O–H groups in total. The molecule has 1 aromatic carbocycles. The number of ketones is 1. The second kappa shape index (κ2) is 6.83. The van der Waals surface area contributed by atoms with Gasteiger partial charge in [-0.05, 0) is 19.1 Å². The maximum absolute atomic E-state index is 12.0. The maximum atomic E-state index is 12.0. The summed E-state index contributed by atoms with van der Waals surface area (Å²) in [6, 6.07) is 2.85. The number of hydrogen-bond donors (Lipinski definition) is 0. The van der Waals surface area contributed by atoms with E-state index in [2.05, 4.69) is 4.98 Å². The fourth-order valence-corrected chi connectivity index (χ4v) is 3.32. The summed E-state index contributed by atoms with van der Waals surface area (Å²) in [7, 11) is 0. The summed E-state index contributed by atoms with van der Waals surface area (Å²) in [5, 5.41) is 11.5. The normalized spacial score (nSPS) is 10.5. The lowest BCUT2D eigenvalue weighted by atomic mass is 10.3.